The van der Waals surface area contributed by atoms with E-state index in [0.29, 0.717) is 0 Å². The van der Waals surface area contributed by atoms with Crippen molar-refractivity contribution in [3.8, 4) is 17.0 Å². The highest BCUT2D eigenvalue weighted by atomic mass is 32.1. The monoisotopic (exact) mass is 457 g/mol. The molecule has 0 saturated carbocycles. The average Bonchev–Trinajstić information content (AvgIpc) is 3.39. The van der Waals surface area contributed by atoms with Crippen molar-refractivity contribution in [2.24, 2.45) is 0 Å². The number of nitrogens with zero attached hydrogens (tertiary/aromatic N) is 2. The van der Waals surface area contributed by atoms with Crippen molar-refractivity contribution < 1.29 is 17.9 Å². The fourth-order valence-electron chi connectivity index (χ4n) is 3.99. The zero-order chi connectivity index (χ0) is 22.7. The molecule has 4 heterocycles. The molecule has 0 aliphatic carbocycles. The van der Waals surface area contributed by atoms with Gasteiger partial charge in [0.25, 0.3) is 0 Å². The molecule has 3 aromatic heterocycles. The molecular formula is C22H18F3N5OS. The normalized spacial score (nSPS) is 18.5. The molecule has 5 rings (SSSR count). The molecule has 1 aliphatic rings. The SMILES string of the molecule is COc1cccc2cc(-c3csc([C@]4(C)Cc5nc(C(F)(F)F)ncc5C(=N)N4)c3)[nH]c12. The molecule has 0 amide bonds. The van der Waals surface area contributed by atoms with Crippen LogP contribution < -0.4 is 10.1 Å². The van der Waals surface area contributed by atoms with E-state index in [0.717, 1.165) is 39.0 Å². The Kier molecular flexibility index (Phi) is 4.52. The number of halogens is 3. The molecule has 164 valence electrons. The van der Waals surface area contributed by atoms with Crippen molar-refractivity contribution in [1.82, 2.24) is 20.3 Å². The van der Waals surface area contributed by atoms with Crippen LogP contribution in [0.15, 0.2) is 41.9 Å². The smallest absolute Gasteiger partial charge is 0.451 e. The van der Waals surface area contributed by atoms with Gasteiger partial charge in [0.1, 0.15) is 11.6 Å². The third kappa shape index (κ3) is 3.31. The number of benzene rings is 1. The summed E-state index contributed by atoms with van der Waals surface area (Å²) >= 11 is 1.48. The second-order valence-corrected chi connectivity index (χ2v) is 8.78. The number of H-pyrrole nitrogens is 1. The minimum absolute atomic E-state index is 0.00720. The van der Waals surface area contributed by atoms with Gasteiger partial charge in [-0.1, -0.05) is 12.1 Å². The van der Waals surface area contributed by atoms with Gasteiger partial charge in [-0.15, -0.1) is 11.3 Å². The Morgan fingerprint density at radius 1 is 1.25 bits per heavy atom. The Morgan fingerprint density at radius 3 is 2.81 bits per heavy atom. The summed E-state index contributed by atoms with van der Waals surface area (Å²) in [6.07, 6.45) is -3.36. The first-order chi connectivity index (χ1) is 15.2. The van der Waals surface area contributed by atoms with E-state index in [1.807, 2.05) is 42.6 Å². The van der Waals surface area contributed by atoms with E-state index in [4.69, 9.17) is 10.1 Å². The van der Waals surface area contributed by atoms with Gasteiger partial charge in [0.15, 0.2) is 0 Å². The Labute approximate surface area is 185 Å². The first kappa shape index (κ1) is 20.5. The van der Waals surface area contributed by atoms with Crippen LogP contribution in [0.25, 0.3) is 22.2 Å². The molecule has 1 aliphatic heterocycles. The van der Waals surface area contributed by atoms with Gasteiger partial charge in [-0.05, 0) is 25.1 Å². The lowest BCUT2D eigenvalue weighted by molar-refractivity contribution is -0.145. The van der Waals surface area contributed by atoms with Crippen molar-refractivity contribution in [2.75, 3.05) is 7.11 Å². The highest BCUT2D eigenvalue weighted by Crippen LogP contribution is 2.38. The minimum atomic E-state index is -4.63. The third-order valence-electron chi connectivity index (χ3n) is 5.60. The molecule has 0 radical (unpaired) electrons. The fraction of sp³-hybridized carbons (Fsp3) is 0.227. The van der Waals surface area contributed by atoms with Crippen LogP contribution in [0.1, 0.15) is 28.9 Å². The van der Waals surface area contributed by atoms with E-state index in [1.54, 1.807) is 7.11 Å². The molecule has 0 fully saturated rings. The second kappa shape index (κ2) is 7.06. The lowest BCUT2D eigenvalue weighted by Crippen LogP contribution is -2.49. The summed E-state index contributed by atoms with van der Waals surface area (Å²) in [6, 6.07) is 9.81. The maximum Gasteiger partial charge on any atom is 0.451 e. The Balaban J connectivity index is 1.51. The van der Waals surface area contributed by atoms with Crippen LogP contribution in [-0.2, 0) is 18.1 Å². The predicted octanol–water partition coefficient (Wildman–Crippen LogP) is 5.10. The van der Waals surface area contributed by atoms with Gasteiger partial charge in [0.05, 0.1) is 29.4 Å². The lowest BCUT2D eigenvalue weighted by atomic mass is 9.87. The highest BCUT2D eigenvalue weighted by Gasteiger charge is 2.40. The molecule has 6 nitrogen and oxygen atoms in total. The molecule has 0 unspecified atom stereocenters. The number of aromatic amines is 1. The van der Waals surface area contributed by atoms with E-state index in [2.05, 4.69) is 20.3 Å². The Bertz CT molecular complexity index is 1360. The zero-order valence-electron chi connectivity index (χ0n) is 17.1. The number of rotatable bonds is 3. The van der Waals surface area contributed by atoms with Gasteiger partial charge in [-0.3, -0.25) is 5.41 Å². The summed E-state index contributed by atoms with van der Waals surface area (Å²) in [5.74, 6) is -0.435. The van der Waals surface area contributed by atoms with Crippen molar-refractivity contribution in [1.29, 1.82) is 5.41 Å². The van der Waals surface area contributed by atoms with Crippen molar-refractivity contribution >= 4 is 28.1 Å². The molecule has 1 atom stereocenters. The summed E-state index contributed by atoms with van der Waals surface area (Å²) in [5.41, 5.74) is 2.48. The van der Waals surface area contributed by atoms with E-state index >= 15 is 0 Å². The van der Waals surface area contributed by atoms with Gasteiger partial charge >= 0.3 is 6.18 Å². The average molecular weight is 457 g/mol. The third-order valence-corrected chi connectivity index (χ3v) is 6.80. The summed E-state index contributed by atoms with van der Waals surface area (Å²) in [6.45, 7) is 1.86. The Morgan fingerprint density at radius 2 is 2.06 bits per heavy atom. The molecular weight excluding hydrogens is 439 g/mol. The molecule has 0 spiro atoms. The van der Waals surface area contributed by atoms with Gasteiger partial charge < -0.3 is 15.0 Å². The highest BCUT2D eigenvalue weighted by molar-refractivity contribution is 7.10. The van der Waals surface area contributed by atoms with E-state index < -0.39 is 17.5 Å². The maximum atomic E-state index is 13.1. The van der Waals surface area contributed by atoms with Crippen LogP contribution >= 0.6 is 11.3 Å². The van der Waals surface area contributed by atoms with Crippen LogP contribution in [0, 0.1) is 5.41 Å². The molecule has 4 aromatic rings. The van der Waals surface area contributed by atoms with Gasteiger partial charge in [-0.25, -0.2) is 9.97 Å². The molecule has 1 aromatic carbocycles. The number of ether oxygens (including phenoxy) is 1. The number of hydrogen-bond donors (Lipinski definition) is 3. The summed E-state index contributed by atoms with van der Waals surface area (Å²) in [7, 11) is 1.62. The zero-order valence-corrected chi connectivity index (χ0v) is 17.9. The summed E-state index contributed by atoms with van der Waals surface area (Å²) in [5, 5.41) is 14.4. The first-order valence-electron chi connectivity index (χ1n) is 9.73. The first-order valence-corrected chi connectivity index (χ1v) is 10.6. The lowest BCUT2D eigenvalue weighted by Gasteiger charge is -2.35. The van der Waals surface area contributed by atoms with Crippen molar-refractivity contribution in [3.63, 3.8) is 0 Å². The number of alkyl halides is 3. The summed E-state index contributed by atoms with van der Waals surface area (Å²) < 4.78 is 44.7. The maximum absolute atomic E-state index is 13.1. The molecule has 10 heteroatoms. The minimum Gasteiger partial charge on any atom is -0.495 e. The topological polar surface area (TPSA) is 86.7 Å². The van der Waals surface area contributed by atoms with Crippen LogP contribution in [0.3, 0.4) is 0 Å². The van der Waals surface area contributed by atoms with Gasteiger partial charge in [-0.2, -0.15) is 13.2 Å². The largest absolute Gasteiger partial charge is 0.495 e. The molecule has 0 bridgehead atoms. The van der Waals surface area contributed by atoms with Gasteiger partial charge in [0, 0.05) is 39.5 Å². The second-order valence-electron chi connectivity index (χ2n) is 7.87. The standard InChI is InChI=1S/C22H18F3N5OS/c1-21(8-15-13(19(26)30-21)9-27-20(29-15)22(23,24)25)17-7-12(10-32-17)14-6-11-4-3-5-16(31-2)18(11)28-14/h3-7,9-10,28H,8H2,1-2H3,(H2,26,30)/t21-/m0/s1. The van der Waals surface area contributed by atoms with E-state index in [9.17, 15) is 13.2 Å². The number of hydrogen-bond acceptors (Lipinski definition) is 5. The molecule has 32 heavy (non-hydrogen) atoms. The number of fused-ring (bicyclic) bond motifs is 2. The number of aromatic nitrogens is 3. The number of para-hydroxylation sites is 1. The van der Waals surface area contributed by atoms with Gasteiger partial charge in [0.2, 0.25) is 5.82 Å². The van der Waals surface area contributed by atoms with Crippen LogP contribution in [0.4, 0.5) is 13.2 Å². The predicted molar refractivity (Wildman–Crippen MR) is 116 cm³/mol. The van der Waals surface area contributed by atoms with Crippen LogP contribution in [-0.4, -0.2) is 27.9 Å². The Hall–Kier alpha value is -3.40. The van der Waals surface area contributed by atoms with E-state index in [1.165, 1.54) is 11.3 Å². The summed E-state index contributed by atoms with van der Waals surface area (Å²) in [4.78, 5) is 11.4. The van der Waals surface area contributed by atoms with Crippen molar-refractivity contribution in [2.45, 2.75) is 25.1 Å². The quantitative estimate of drug-likeness (QED) is 0.400. The number of thiophene rings is 1. The molecule has 0 saturated heterocycles. The number of methoxy groups -OCH3 is 1. The van der Waals surface area contributed by atoms with E-state index in [-0.39, 0.29) is 23.5 Å². The number of nitrogens with one attached hydrogen (secondary N) is 3. The van der Waals surface area contributed by atoms with Crippen molar-refractivity contribution in [3.05, 3.63) is 63.9 Å². The van der Waals surface area contributed by atoms with Crippen LogP contribution in [0.5, 0.6) is 5.75 Å². The number of amidine groups is 1. The fourth-order valence-corrected chi connectivity index (χ4v) is 5.02. The molecule has 3 N–H and O–H groups in total. The van der Waals surface area contributed by atoms with Crippen LogP contribution in [0.2, 0.25) is 0 Å².